The molecule has 2 atom stereocenters. The SMILES string of the molecule is NS(=O)(=O)C1CC(=O)N(C2CCc3ccccc3C2)C1. The lowest BCUT2D eigenvalue weighted by Gasteiger charge is -2.32. The van der Waals surface area contributed by atoms with Crippen LogP contribution in [0.25, 0.3) is 0 Å². The van der Waals surface area contributed by atoms with E-state index in [0.717, 1.165) is 19.3 Å². The molecule has 1 heterocycles. The summed E-state index contributed by atoms with van der Waals surface area (Å²) in [6.07, 6.45) is 2.65. The van der Waals surface area contributed by atoms with Crippen LogP contribution in [0.4, 0.5) is 0 Å². The van der Waals surface area contributed by atoms with Crippen LogP contribution in [0, 0.1) is 0 Å². The lowest BCUT2D eigenvalue weighted by molar-refractivity contribution is -0.129. The Labute approximate surface area is 118 Å². The van der Waals surface area contributed by atoms with Crippen molar-refractivity contribution in [3.8, 4) is 0 Å². The fourth-order valence-electron chi connectivity index (χ4n) is 3.22. The average molecular weight is 294 g/mol. The van der Waals surface area contributed by atoms with Gasteiger partial charge in [-0.2, -0.15) is 0 Å². The van der Waals surface area contributed by atoms with Gasteiger partial charge in [0, 0.05) is 19.0 Å². The van der Waals surface area contributed by atoms with Crippen LogP contribution in [-0.2, 0) is 27.7 Å². The van der Waals surface area contributed by atoms with Gasteiger partial charge in [0.1, 0.15) is 5.25 Å². The van der Waals surface area contributed by atoms with Crippen LogP contribution in [0.5, 0.6) is 0 Å². The van der Waals surface area contributed by atoms with Gasteiger partial charge in [0.05, 0.1) is 0 Å². The summed E-state index contributed by atoms with van der Waals surface area (Å²) < 4.78 is 22.8. The number of carbonyl (C=O) groups is 1. The number of nitrogens with zero attached hydrogens (tertiary/aromatic N) is 1. The Morgan fingerprint density at radius 1 is 1.15 bits per heavy atom. The second-order valence-corrected chi connectivity index (χ2v) is 7.47. The molecular formula is C14H18N2O3S. The van der Waals surface area contributed by atoms with Gasteiger partial charge < -0.3 is 4.90 Å². The van der Waals surface area contributed by atoms with Crippen LogP contribution >= 0.6 is 0 Å². The number of nitrogens with two attached hydrogens (primary N) is 1. The number of fused-ring (bicyclic) bond motifs is 1. The van der Waals surface area contributed by atoms with Gasteiger partial charge in [-0.05, 0) is 30.4 Å². The fourth-order valence-corrected chi connectivity index (χ4v) is 3.96. The Balaban J connectivity index is 1.77. The summed E-state index contributed by atoms with van der Waals surface area (Å²) in [4.78, 5) is 13.8. The number of amides is 1. The lowest BCUT2D eigenvalue weighted by Crippen LogP contribution is -2.41. The summed E-state index contributed by atoms with van der Waals surface area (Å²) in [6, 6.07) is 8.32. The van der Waals surface area contributed by atoms with Gasteiger partial charge in [0.15, 0.2) is 0 Å². The van der Waals surface area contributed by atoms with Gasteiger partial charge in [0.2, 0.25) is 15.9 Å². The zero-order chi connectivity index (χ0) is 14.3. The zero-order valence-corrected chi connectivity index (χ0v) is 12.0. The lowest BCUT2D eigenvalue weighted by atomic mass is 9.87. The molecule has 2 N–H and O–H groups in total. The quantitative estimate of drug-likeness (QED) is 0.859. The molecule has 2 aliphatic rings. The predicted octanol–water partition coefficient (Wildman–Crippen LogP) is 0.433. The number of aryl methyl sites for hydroxylation is 1. The Morgan fingerprint density at radius 3 is 2.50 bits per heavy atom. The van der Waals surface area contributed by atoms with Crippen LogP contribution in [0.2, 0.25) is 0 Å². The van der Waals surface area contributed by atoms with Gasteiger partial charge in [0.25, 0.3) is 0 Å². The molecule has 1 aromatic rings. The van der Waals surface area contributed by atoms with Gasteiger partial charge in [-0.15, -0.1) is 0 Å². The number of sulfonamides is 1. The van der Waals surface area contributed by atoms with Crippen molar-refractivity contribution in [2.75, 3.05) is 6.54 Å². The number of benzene rings is 1. The molecule has 1 aromatic carbocycles. The molecule has 2 unspecified atom stereocenters. The maximum atomic E-state index is 12.0. The normalized spacial score (nSPS) is 26.6. The predicted molar refractivity (Wildman–Crippen MR) is 75.5 cm³/mol. The molecule has 0 radical (unpaired) electrons. The van der Waals surface area contributed by atoms with Crippen molar-refractivity contribution in [2.45, 2.75) is 37.0 Å². The summed E-state index contributed by atoms with van der Waals surface area (Å²) in [5, 5.41) is 4.42. The molecule has 0 bridgehead atoms. The van der Waals surface area contributed by atoms with Crippen LogP contribution in [0.1, 0.15) is 24.0 Å². The minimum Gasteiger partial charge on any atom is -0.338 e. The minimum absolute atomic E-state index is 0.0248. The molecule has 20 heavy (non-hydrogen) atoms. The third kappa shape index (κ3) is 2.45. The largest absolute Gasteiger partial charge is 0.338 e. The molecule has 0 spiro atoms. The van der Waals surface area contributed by atoms with Crippen molar-refractivity contribution in [3.63, 3.8) is 0 Å². The standard InChI is InChI=1S/C14H18N2O3S/c15-20(18,19)13-8-14(17)16(9-13)12-6-5-10-3-1-2-4-11(10)7-12/h1-4,12-13H,5-9H2,(H2,15,18,19). The fraction of sp³-hybridized carbons (Fsp3) is 0.500. The van der Waals surface area contributed by atoms with E-state index in [-0.39, 0.29) is 24.9 Å². The van der Waals surface area contributed by atoms with Crippen LogP contribution in [-0.4, -0.2) is 37.1 Å². The van der Waals surface area contributed by atoms with Crippen LogP contribution in [0.15, 0.2) is 24.3 Å². The molecule has 0 aromatic heterocycles. The van der Waals surface area contributed by atoms with E-state index in [1.165, 1.54) is 11.1 Å². The van der Waals surface area contributed by atoms with Crippen molar-refractivity contribution < 1.29 is 13.2 Å². The average Bonchev–Trinajstić information content (AvgIpc) is 2.80. The van der Waals surface area contributed by atoms with Gasteiger partial charge in [-0.1, -0.05) is 24.3 Å². The summed E-state index contributed by atoms with van der Waals surface area (Å²) in [5.74, 6) is -0.0894. The van der Waals surface area contributed by atoms with Crippen molar-refractivity contribution in [2.24, 2.45) is 5.14 Å². The number of rotatable bonds is 2. The van der Waals surface area contributed by atoms with Crippen LogP contribution < -0.4 is 5.14 Å². The van der Waals surface area contributed by atoms with Crippen molar-refractivity contribution in [3.05, 3.63) is 35.4 Å². The summed E-state index contributed by atoms with van der Waals surface area (Å²) in [6.45, 7) is 0.241. The molecule has 1 aliphatic heterocycles. The van der Waals surface area contributed by atoms with E-state index in [1.807, 2.05) is 12.1 Å². The van der Waals surface area contributed by atoms with Gasteiger partial charge in [-0.25, -0.2) is 13.6 Å². The molecule has 1 fully saturated rings. The number of likely N-dealkylation sites (tertiary alicyclic amines) is 1. The van der Waals surface area contributed by atoms with Crippen molar-refractivity contribution >= 4 is 15.9 Å². The number of carbonyl (C=O) groups excluding carboxylic acids is 1. The summed E-state index contributed by atoms with van der Waals surface area (Å²) in [5.41, 5.74) is 2.59. The molecule has 5 nitrogen and oxygen atoms in total. The monoisotopic (exact) mass is 294 g/mol. The second kappa shape index (κ2) is 4.86. The summed E-state index contributed by atoms with van der Waals surface area (Å²) >= 11 is 0. The first-order valence-electron chi connectivity index (χ1n) is 6.83. The topological polar surface area (TPSA) is 80.5 Å². The third-order valence-electron chi connectivity index (χ3n) is 4.35. The van der Waals surface area contributed by atoms with E-state index >= 15 is 0 Å². The first kappa shape index (κ1) is 13.6. The second-order valence-electron chi connectivity index (χ2n) is 5.63. The molecule has 6 heteroatoms. The highest BCUT2D eigenvalue weighted by molar-refractivity contribution is 7.89. The van der Waals surface area contributed by atoms with Crippen molar-refractivity contribution in [1.82, 2.24) is 4.90 Å². The first-order valence-corrected chi connectivity index (χ1v) is 8.44. The van der Waals surface area contributed by atoms with E-state index in [4.69, 9.17) is 5.14 Å². The van der Waals surface area contributed by atoms with Gasteiger partial charge in [-0.3, -0.25) is 4.79 Å². The summed E-state index contributed by atoms with van der Waals surface area (Å²) in [7, 11) is -3.63. The Bertz CT molecular complexity index is 642. The Kier molecular flexibility index (Phi) is 3.30. The molecule has 3 rings (SSSR count). The zero-order valence-electron chi connectivity index (χ0n) is 11.2. The highest BCUT2D eigenvalue weighted by Gasteiger charge is 2.40. The Hall–Kier alpha value is -1.40. The van der Waals surface area contributed by atoms with Gasteiger partial charge >= 0.3 is 0 Å². The molecule has 108 valence electrons. The highest BCUT2D eigenvalue weighted by atomic mass is 32.2. The van der Waals surface area contributed by atoms with E-state index < -0.39 is 15.3 Å². The van der Waals surface area contributed by atoms with Crippen LogP contribution in [0.3, 0.4) is 0 Å². The number of hydrogen-bond acceptors (Lipinski definition) is 3. The van der Waals surface area contributed by atoms with E-state index in [1.54, 1.807) is 4.90 Å². The smallest absolute Gasteiger partial charge is 0.224 e. The molecule has 1 aliphatic carbocycles. The van der Waals surface area contributed by atoms with Crippen molar-refractivity contribution in [1.29, 1.82) is 0 Å². The first-order chi connectivity index (χ1) is 9.45. The molecule has 1 amide bonds. The molecule has 0 saturated carbocycles. The highest BCUT2D eigenvalue weighted by Crippen LogP contribution is 2.28. The number of primary sulfonamides is 1. The van der Waals surface area contributed by atoms with E-state index in [2.05, 4.69) is 12.1 Å². The minimum atomic E-state index is -3.63. The molecule has 1 saturated heterocycles. The Morgan fingerprint density at radius 2 is 1.85 bits per heavy atom. The maximum Gasteiger partial charge on any atom is 0.224 e. The van der Waals surface area contributed by atoms with E-state index in [9.17, 15) is 13.2 Å². The number of hydrogen-bond donors (Lipinski definition) is 1. The molecular weight excluding hydrogens is 276 g/mol. The maximum absolute atomic E-state index is 12.0. The third-order valence-corrected chi connectivity index (χ3v) is 5.59. The van der Waals surface area contributed by atoms with E-state index in [0.29, 0.717) is 0 Å².